The highest BCUT2D eigenvalue weighted by Crippen LogP contribution is 2.64. The van der Waals surface area contributed by atoms with Crippen molar-refractivity contribution in [2.45, 2.75) is 314 Å². The van der Waals surface area contributed by atoms with Gasteiger partial charge in [0.1, 0.15) is 51.9 Å². The molecule has 6 saturated carbocycles. The molecule has 38 heteroatoms. The van der Waals surface area contributed by atoms with E-state index in [1.54, 1.807) is 25.7 Å². The van der Waals surface area contributed by atoms with Crippen LogP contribution in [0.3, 0.4) is 0 Å². The highest BCUT2D eigenvalue weighted by atomic mass is 16.8. The standard InChI is InChI=1S/C21H32N4O3.C19H26N4O3.C18H22N4O3.C17H22N4O2.C17H25N3O3.C17H23N3O2/c1-13-16-8-7-15-17(19(26)22-14(2)24(4)5)25(6)23-18(15)20(16,3)9-10-21(13)27-11-12-28-21;1-11-14-6-5-13-15(17-20-12(2)22-26-17)23(4)21-16(13)18(14,3)7-8-19(11)24-9-10-25-19;1-9-13-6-5-12-14(17-19-10(2)21-25-17)22(4)20-16(12)18(13,3)7-11(8-23)15(9)24;1-9-12-6-5-11-14(16-18-10(2)20-23-16)21(4)19-15(11)17(12,3)8-7-13(9)22;1-10-12-5-4-11-13(15(18)21)20(3)19-14(11)16(12,2)6-7-17(10)22-8-9-23-17;1-11-13-5-4-12-14(10-18)20(3)19-15(12)16(13,2)6-7-17(11)21-8-9-22-17/h13,16H,7-12H2,1-6H3;11,14H,5-10H2,1-4H3;8-9,13,23H,5-7H2,1-4H3;9,12H,5-8H2,1-4H3;10,12H,4-9H2,1-3H3,(H2,18,21);11,13H,4-9H2,1-3H3/b;;11-8-;;;/t13-,16-,20-;11-,14-,18-;9-,13-,18-;9-,12-,17-;10-,12-,16-;11-,13-,16-/m000000/s1. The molecule has 0 bridgehead atoms. The van der Waals surface area contributed by atoms with Gasteiger partial charge in [-0.3, -0.25) is 47.3 Å². The molecule has 10 fully saturated rings. The molecule has 9 aromatic heterocycles. The summed E-state index contributed by atoms with van der Waals surface area (Å²) in [5.74, 6) is 6.20. The number of hydrogen-bond acceptors (Lipinski definition) is 29. The van der Waals surface area contributed by atoms with Gasteiger partial charge in [0, 0.05) is 195 Å². The summed E-state index contributed by atoms with van der Waals surface area (Å²) in [6.45, 7) is 39.7. The Hall–Kier alpha value is -10.7. The minimum atomic E-state index is -0.428. The zero-order chi connectivity index (χ0) is 105. The van der Waals surface area contributed by atoms with Crippen LogP contribution in [0.25, 0.3) is 34.8 Å². The smallest absolute Gasteiger partial charge is 0.297 e. The molecule has 4 saturated heterocycles. The average molecular weight is 2020 g/mol. The summed E-state index contributed by atoms with van der Waals surface area (Å²) in [6, 6.07) is 2.33. The van der Waals surface area contributed by atoms with Gasteiger partial charge < -0.3 is 67.2 Å². The Morgan fingerprint density at radius 1 is 0.415 bits per heavy atom. The van der Waals surface area contributed by atoms with Crippen LogP contribution in [0.2, 0.25) is 0 Å². The Balaban J connectivity index is 0.000000107. The van der Waals surface area contributed by atoms with Crippen molar-refractivity contribution in [1.29, 1.82) is 5.26 Å². The molecule has 18 atom stereocenters. The van der Waals surface area contributed by atoms with Gasteiger partial charge in [-0.1, -0.05) is 98.6 Å². The fourth-order valence-electron chi connectivity index (χ4n) is 31.2. The highest BCUT2D eigenvalue weighted by Gasteiger charge is 2.65. The van der Waals surface area contributed by atoms with Crippen LogP contribution in [0, 0.1) is 103 Å². The van der Waals surface area contributed by atoms with Crippen molar-refractivity contribution >= 4 is 29.2 Å². The zero-order valence-corrected chi connectivity index (χ0v) is 90.5. The molecule has 0 radical (unpaired) electrons. The van der Waals surface area contributed by atoms with Crippen LogP contribution in [0.4, 0.5) is 0 Å². The number of aliphatic hydroxyl groups excluding tert-OH is 1. The van der Waals surface area contributed by atoms with E-state index in [0.29, 0.717) is 183 Å². The first-order valence-corrected chi connectivity index (χ1v) is 53.6. The quantitative estimate of drug-likeness (QED) is 0.0699. The lowest BCUT2D eigenvalue weighted by atomic mass is 9.55. The van der Waals surface area contributed by atoms with Gasteiger partial charge in [-0.2, -0.15) is 55.8 Å². The number of ketones is 2. The van der Waals surface area contributed by atoms with Gasteiger partial charge in [-0.05, 0) is 179 Å². The van der Waals surface area contributed by atoms with Crippen LogP contribution >= 0.6 is 0 Å². The third-order valence-electron chi connectivity index (χ3n) is 39.2. The Kier molecular flexibility index (Phi) is 26.8. The molecule has 2 amide bonds. The minimum Gasteiger partial charge on any atom is -0.515 e. The zero-order valence-electron chi connectivity index (χ0n) is 90.5. The van der Waals surface area contributed by atoms with Crippen LogP contribution in [0.5, 0.6) is 0 Å². The summed E-state index contributed by atoms with van der Waals surface area (Å²) < 4.78 is 75.4. The predicted octanol–water partition coefficient (Wildman–Crippen LogP) is 14.3. The molecule has 0 aromatic carbocycles. The second-order valence-electron chi connectivity index (χ2n) is 46.9. The van der Waals surface area contributed by atoms with Crippen molar-refractivity contribution in [1.82, 2.24) is 94.0 Å². The number of carbonyl (C=O) groups excluding carboxylic acids is 4. The molecular weight excluding hydrogens is 1870 g/mol. The predicted molar refractivity (Wildman–Crippen MR) is 538 cm³/mol. The number of nitrogens with zero attached hydrogens (tertiary/aromatic N) is 21. The number of allylic oxidation sites excluding steroid dienone is 1. The van der Waals surface area contributed by atoms with Crippen LogP contribution in [0.1, 0.15) is 311 Å². The molecule has 9 aromatic rings. The number of rotatable bonds is 5. The number of nitriles is 1. The van der Waals surface area contributed by atoms with Crippen molar-refractivity contribution in [2.24, 2.45) is 124 Å². The van der Waals surface area contributed by atoms with E-state index in [1.165, 1.54) is 22.4 Å². The van der Waals surface area contributed by atoms with Crippen molar-refractivity contribution in [2.75, 3.05) is 67.0 Å². The van der Waals surface area contributed by atoms with E-state index < -0.39 is 11.6 Å². The molecule has 147 heavy (non-hydrogen) atoms. The lowest BCUT2D eigenvalue weighted by Gasteiger charge is -2.53. The van der Waals surface area contributed by atoms with Crippen LogP contribution < -0.4 is 5.73 Å². The van der Waals surface area contributed by atoms with Gasteiger partial charge in [0.05, 0.1) is 93.3 Å². The van der Waals surface area contributed by atoms with E-state index in [2.05, 4.69) is 118 Å². The number of aryl methyl sites for hydroxylation is 9. The lowest BCUT2D eigenvalue weighted by molar-refractivity contribution is -0.234. The number of primary amides is 1. The maximum Gasteiger partial charge on any atom is 0.297 e. The molecular formula is C109H150N22O16. The summed E-state index contributed by atoms with van der Waals surface area (Å²) in [4.78, 5) is 68.7. The van der Waals surface area contributed by atoms with E-state index in [-0.39, 0.29) is 79.4 Å². The maximum atomic E-state index is 12.9. The minimum absolute atomic E-state index is 0.0264. The maximum absolute atomic E-state index is 12.9. The molecule has 38 nitrogen and oxygen atoms in total. The number of carbonyl (C=O) groups is 4. The molecule has 3 N–H and O–H groups in total. The van der Waals surface area contributed by atoms with E-state index >= 15 is 0 Å². The number of amides is 2. The number of Topliss-reactive ketones (excluding diaryl/α,β-unsaturated/α-hetero) is 2. The molecule has 12 aliphatic carbocycles. The van der Waals surface area contributed by atoms with Gasteiger partial charge in [-0.25, -0.2) is 0 Å². The SMILES string of the molecule is CC(=NC(=O)c1c2c(nn1C)[C@@]1(C)CCC3(OCCO3)[C@@H](C)[C@@H]1CC2)N(C)C.C[C@H]1[C@@H]2CCc3c(nn(C)c3C#N)[C@@]2(C)CCC12OCCO2.C[C@H]1[C@@H]2CCc3c(nn(C)c3C(N)=O)[C@@]2(C)CCC12OCCO2.Cc1noc(-c2c3c(nn2C)[C@@]2(C)C/C(=C/O)C(=O)[C@@H](C)[C@@H]2CC3)n1.Cc1noc(-c2c3c(nn2C)[C@@]2(C)CCC(=O)[C@@H](C)[C@@H]2CC3)n1.Cc1noc(-c2c3c(nn2C)[C@@]2(C)CCC4(OCCO4)[C@@H](C)[C@@H]2CC3)n1. The molecule has 13 heterocycles. The van der Waals surface area contributed by atoms with Gasteiger partial charge in [0.15, 0.2) is 46.4 Å². The Labute approximate surface area is 859 Å². The van der Waals surface area contributed by atoms with Gasteiger partial charge in [-0.15, -0.1) is 0 Å². The van der Waals surface area contributed by atoms with E-state index in [4.69, 9.17) is 87.8 Å². The van der Waals surface area contributed by atoms with Crippen molar-refractivity contribution in [3.8, 4) is 40.8 Å². The van der Waals surface area contributed by atoms with E-state index in [9.17, 15) is 29.5 Å². The molecule has 792 valence electrons. The third-order valence-corrected chi connectivity index (χ3v) is 39.2. The number of fused-ring (bicyclic) bond motifs is 18. The van der Waals surface area contributed by atoms with Crippen LogP contribution in [0.15, 0.2) is 30.4 Å². The highest BCUT2D eigenvalue weighted by molar-refractivity contribution is 6.03. The number of nitrogens with two attached hydrogens (primary N) is 1. The average Bonchev–Trinajstić information content (AvgIpc) is 1.66. The third kappa shape index (κ3) is 16.5. The number of aromatic nitrogens is 18. The number of aliphatic hydroxyl groups is 1. The van der Waals surface area contributed by atoms with E-state index in [0.717, 1.165) is 209 Å². The van der Waals surface area contributed by atoms with Crippen molar-refractivity contribution < 1.29 is 75.7 Å². The number of aliphatic imine (C=N–C) groups is 1. The summed E-state index contributed by atoms with van der Waals surface area (Å²) in [5, 5.41) is 59.6. The normalized spacial score (nSPS) is 32.5. The number of hydrogen-bond donors (Lipinski definition) is 2. The first-order chi connectivity index (χ1) is 69.8. The number of amidine groups is 1. The lowest BCUT2D eigenvalue weighted by Crippen LogP contribution is -2.55. The summed E-state index contributed by atoms with van der Waals surface area (Å²) in [5.41, 5.74) is 23.9. The first kappa shape index (κ1) is 103. The second kappa shape index (κ2) is 38.1. The molecule has 25 rings (SSSR count). The second-order valence-corrected chi connectivity index (χ2v) is 46.9. The molecule has 0 unspecified atom stereocenters. The van der Waals surface area contributed by atoms with Crippen LogP contribution in [-0.2, 0) is 161 Å². The Morgan fingerprint density at radius 2 is 0.714 bits per heavy atom. The van der Waals surface area contributed by atoms with E-state index in [1.807, 2.05) is 98.3 Å². The molecule has 16 aliphatic rings. The van der Waals surface area contributed by atoms with Gasteiger partial charge in [0.2, 0.25) is 0 Å². The Bertz CT molecular complexity index is 6700. The van der Waals surface area contributed by atoms with Gasteiger partial charge in [0.25, 0.3) is 29.5 Å². The first-order valence-electron chi connectivity index (χ1n) is 53.6. The Morgan fingerprint density at radius 3 is 1.05 bits per heavy atom. The molecule has 4 aliphatic heterocycles. The van der Waals surface area contributed by atoms with Gasteiger partial charge >= 0.3 is 0 Å². The van der Waals surface area contributed by atoms with Crippen LogP contribution in [-0.4, -0.2) is 218 Å². The number of ether oxygens (including phenoxy) is 8. The fraction of sp³-hybridized carbons (Fsp3) is 0.706. The largest absolute Gasteiger partial charge is 0.515 e. The monoisotopic (exact) mass is 2020 g/mol. The molecule has 4 spiro atoms. The summed E-state index contributed by atoms with van der Waals surface area (Å²) in [6.07, 6.45) is 22.0. The van der Waals surface area contributed by atoms with Crippen molar-refractivity contribution in [3.05, 3.63) is 114 Å². The summed E-state index contributed by atoms with van der Waals surface area (Å²) in [7, 11) is 15.1. The van der Waals surface area contributed by atoms with Crippen molar-refractivity contribution in [3.63, 3.8) is 0 Å². The fourth-order valence-corrected chi connectivity index (χ4v) is 31.2. The summed E-state index contributed by atoms with van der Waals surface area (Å²) >= 11 is 0. The topological polar surface area (TPSA) is 451 Å².